The normalized spacial score (nSPS) is 27.1. The Hall–Kier alpha value is 0.01000. The second-order valence-corrected chi connectivity index (χ2v) is 9.34. The summed E-state index contributed by atoms with van der Waals surface area (Å²) < 4.78 is 33.8. The van der Waals surface area contributed by atoms with Crippen molar-refractivity contribution in [2.45, 2.75) is 42.9 Å². The van der Waals surface area contributed by atoms with Gasteiger partial charge in [-0.15, -0.1) is 11.3 Å². The van der Waals surface area contributed by atoms with Gasteiger partial charge in [-0.1, -0.05) is 0 Å². The van der Waals surface area contributed by atoms with Crippen LogP contribution in [-0.4, -0.2) is 32.3 Å². The lowest BCUT2D eigenvalue weighted by molar-refractivity contribution is 0.0848. The molecule has 2 heterocycles. The van der Waals surface area contributed by atoms with Crippen LogP contribution < -0.4 is 4.72 Å². The van der Waals surface area contributed by atoms with Gasteiger partial charge < -0.3 is 9.84 Å². The van der Waals surface area contributed by atoms with Crippen molar-refractivity contribution < 1.29 is 18.3 Å². The molecular weight excluding hydrogens is 366 g/mol. The minimum absolute atomic E-state index is 0.0134. The minimum Gasteiger partial charge on any atom is -0.391 e. The zero-order valence-corrected chi connectivity index (χ0v) is 13.9. The summed E-state index contributed by atoms with van der Waals surface area (Å²) in [7, 11) is -3.58. The average Bonchev–Trinajstić information content (AvgIpc) is 3.01. The van der Waals surface area contributed by atoms with Crippen molar-refractivity contribution in [3.05, 3.63) is 14.7 Å². The van der Waals surface area contributed by atoms with Crippen LogP contribution >= 0.6 is 27.3 Å². The topological polar surface area (TPSA) is 75.6 Å². The molecule has 2 aliphatic rings. The molecule has 2 unspecified atom stereocenters. The molecule has 0 spiro atoms. The van der Waals surface area contributed by atoms with Gasteiger partial charge in [-0.2, -0.15) is 0 Å². The van der Waals surface area contributed by atoms with Gasteiger partial charge in [-0.3, -0.25) is 0 Å². The fourth-order valence-corrected chi connectivity index (χ4v) is 6.37. The van der Waals surface area contributed by atoms with E-state index in [1.165, 1.54) is 17.4 Å². The summed E-state index contributed by atoms with van der Waals surface area (Å²) in [6, 6.07) is 1.37. The van der Waals surface area contributed by atoms with E-state index in [0.717, 1.165) is 19.3 Å². The molecular formula is C12H16BrNO4S2. The minimum atomic E-state index is -3.58. The number of hydrogen-bond acceptors (Lipinski definition) is 5. The van der Waals surface area contributed by atoms with Gasteiger partial charge >= 0.3 is 0 Å². The molecule has 1 aromatic heterocycles. The summed E-state index contributed by atoms with van der Waals surface area (Å²) in [5.41, 5.74) is 0. The highest BCUT2D eigenvalue weighted by atomic mass is 79.9. The molecule has 20 heavy (non-hydrogen) atoms. The predicted molar refractivity (Wildman–Crippen MR) is 79.1 cm³/mol. The van der Waals surface area contributed by atoms with Gasteiger partial charge in [0.05, 0.1) is 22.5 Å². The van der Waals surface area contributed by atoms with E-state index in [1.54, 1.807) is 0 Å². The van der Waals surface area contributed by atoms with E-state index in [4.69, 9.17) is 9.84 Å². The zero-order valence-electron chi connectivity index (χ0n) is 10.7. The molecule has 1 aliphatic heterocycles. The zero-order chi connectivity index (χ0) is 14.3. The Morgan fingerprint density at radius 1 is 1.45 bits per heavy atom. The second-order valence-electron chi connectivity index (χ2n) is 5.20. The number of rotatable bonds is 5. The molecule has 5 nitrogen and oxygen atoms in total. The molecule has 0 bridgehead atoms. The highest BCUT2D eigenvalue weighted by molar-refractivity contribution is 9.11. The van der Waals surface area contributed by atoms with Crippen molar-refractivity contribution in [1.82, 2.24) is 4.72 Å². The van der Waals surface area contributed by atoms with E-state index in [9.17, 15) is 8.42 Å². The second kappa shape index (κ2) is 5.66. The lowest BCUT2D eigenvalue weighted by atomic mass is 10.1. The summed E-state index contributed by atoms with van der Waals surface area (Å²) in [4.78, 5) is 0.826. The van der Waals surface area contributed by atoms with Crippen molar-refractivity contribution in [3.8, 4) is 0 Å². The van der Waals surface area contributed by atoms with Crippen molar-refractivity contribution in [3.63, 3.8) is 0 Å². The SMILES string of the molecule is O=S(=O)(NC1CCOC1C1CC1)c1cc(CO)sc1Br. The number of ether oxygens (including phenoxy) is 1. The van der Waals surface area contributed by atoms with Crippen LogP contribution in [0.4, 0.5) is 0 Å². The first-order chi connectivity index (χ1) is 9.51. The molecule has 0 radical (unpaired) electrons. The summed E-state index contributed by atoms with van der Waals surface area (Å²) in [6.07, 6.45) is 2.98. The van der Waals surface area contributed by atoms with Gasteiger partial charge in [-0.25, -0.2) is 13.1 Å². The Kier molecular flexibility index (Phi) is 4.22. The molecule has 1 saturated heterocycles. The van der Waals surface area contributed by atoms with Crippen molar-refractivity contribution in [1.29, 1.82) is 0 Å². The number of halogens is 1. The van der Waals surface area contributed by atoms with Crippen LogP contribution in [0.3, 0.4) is 0 Å². The maximum absolute atomic E-state index is 12.5. The highest BCUT2D eigenvalue weighted by Crippen LogP contribution is 2.39. The first-order valence-electron chi connectivity index (χ1n) is 6.54. The third-order valence-electron chi connectivity index (χ3n) is 3.68. The summed E-state index contributed by atoms with van der Waals surface area (Å²) in [5, 5.41) is 9.10. The van der Waals surface area contributed by atoms with Crippen LogP contribution in [0.15, 0.2) is 14.7 Å². The molecule has 1 aromatic rings. The molecule has 2 fully saturated rings. The van der Waals surface area contributed by atoms with Crippen LogP contribution in [0, 0.1) is 5.92 Å². The van der Waals surface area contributed by atoms with Crippen LogP contribution in [0.1, 0.15) is 24.1 Å². The van der Waals surface area contributed by atoms with Crippen LogP contribution in [0.2, 0.25) is 0 Å². The third kappa shape index (κ3) is 2.95. The van der Waals surface area contributed by atoms with E-state index in [1.807, 2.05) is 0 Å². The van der Waals surface area contributed by atoms with Crippen molar-refractivity contribution in [2.24, 2.45) is 5.92 Å². The van der Waals surface area contributed by atoms with Crippen LogP contribution in [-0.2, 0) is 21.4 Å². The Bertz CT molecular complexity index is 597. The first-order valence-corrected chi connectivity index (χ1v) is 9.63. The van der Waals surface area contributed by atoms with Gasteiger partial charge in [0, 0.05) is 11.5 Å². The fourth-order valence-electron chi connectivity index (χ4n) is 2.55. The fraction of sp³-hybridized carbons (Fsp3) is 0.667. The highest BCUT2D eigenvalue weighted by Gasteiger charge is 2.42. The number of sulfonamides is 1. The Morgan fingerprint density at radius 2 is 2.20 bits per heavy atom. The quantitative estimate of drug-likeness (QED) is 0.815. The Labute approximate surface area is 130 Å². The number of aliphatic hydroxyl groups excluding tert-OH is 1. The van der Waals surface area contributed by atoms with E-state index < -0.39 is 10.0 Å². The van der Waals surface area contributed by atoms with Gasteiger partial charge in [0.1, 0.15) is 4.90 Å². The molecule has 1 saturated carbocycles. The molecule has 3 rings (SSSR count). The molecule has 1 aliphatic carbocycles. The summed E-state index contributed by atoms with van der Waals surface area (Å²) >= 11 is 4.49. The maximum atomic E-state index is 12.5. The number of aliphatic hydroxyl groups is 1. The largest absolute Gasteiger partial charge is 0.391 e. The van der Waals surface area contributed by atoms with Crippen LogP contribution in [0.5, 0.6) is 0 Å². The van der Waals surface area contributed by atoms with Crippen molar-refractivity contribution in [2.75, 3.05) is 6.61 Å². The lowest BCUT2D eigenvalue weighted by Crippen LogP contribution is -2.41. The van der Waals surface area contributed by atoms with E-state index in [2.05, 4.69) is 20.7 Å². The summed E-state index contributed by atoms with van der Waals surface area (Å²) in [6.45, 7) is 0.455. The Balaban J connectivity index is 1.79. The number of nitrogens with one attached hydrogen (secondary N) is 1. The van der Waals surface area contributed by atoms with Crippen LogP contribution in [0.25, 0.3) is 0 Å². The number of hydrogen-bond donors (Lipinski definition) is 2. The smallest absolute Gasteiger partial charge is 0.242 e. The molecule has 0 amide bonds. The van der Waals surface area contributed by atoms with Gasteiger partial charge in [-0.05, 0) is 47.2 Å². The van der Waals surface area contributed by atoms with Gasteiger partial charge in [0.2, 0.25) is 10.0 Å². The standard InChI is InChI=1S/C12H16BrNO4S2/c13-12-10(5-8(6-15)19-12)20(16,17)14-9-3-4-18-11(9)7-1-2-7/h5,7,9,11,14-15H,1-4,6H2. The van der Waals surface area contributed by atoms with E-state index in [0.29, 0.717) is 21.2 Å². The molecule has 2 N–H and O–H groups in total. The van der Waals surface area contributed by atoms with E-state index >= 15 is 0 Å². The molecule has 2 atom stereocenters. The summed E-state index contributed by atoms with van der Waals surface area (Å²) in [5.74, 6) is 0.504. The lowest BCUT2D eigenvalue weighted by Gasteiger charge is -2.19. The average molecular weight is 382 g/mol. The third-order valence-corrected chi connectivity index (χ3v) is 7.41. The van der Waals surface area contributed by atoms with Gasteiger partial charge in [0.25, 0.3) is 0 Å². The van der Waals surface area contributed by atoms with E-state index in [-0.39, 0.29) is 23.6 Å². The predicted octanol–water partition coefficient (Wildman–Crippen LogP) is 1.85. The van der Waals surface area contributed by atoms with Gasteiger partial charge in [0.15, 0.2) is 0 Å². The molecule has 0 aromatic carbocycles. The monoisotopic (exact) mass is 381 g/mol. The molecule has 112 valence electrons. The maximum Gasteiger partial charge on any atom is 0.242 e. The Morgan fingerprint density at radius 3 is 2.80 bits per heavy atom. The molecule has 8 heteroatoms. The number of thiophene rings is 1. The first kappa shape index (κ1) is 14.9. The van der Waals surface area contributed by atoms with Crippen molar-refractivity contribution >= 4 is 37.3 Å².